The van der Waals surface area contributed by atoms with Crippen LogP contribution < -0.4 is 5.19 Å². The first-order valence-corrected chi connectivity index (χ1v) is 6.33. The lowest BCUT2D eigenvalue weighted by molar-refractivity contribution is 0.441. The maximum Gasteiger partial charge on any atom is 0.411 e. The van der Waals surface area contributed by atoms with E-state index in [1.807, 2.05) is 30.3 Å². The van der Waals surface area contributed by atoms with Crippen LogP contribution in [-0.4, -0.2) is 40.3 Å². The van der Waals surface area contributed by atoms with Crippen molar-refractivity contribution in [3.8, 4) is 0 Å². The molecule has 13 heavy (non-hydrogen) atoms. The van der Waals surface area contributed by atoms with Crippen LogP contribution in [0.1, 0.15) is 0 Å². The van der Waals surface area contributed by atoms with E-state index in [0.29, 0.717) is 9.76 Å². The minimum Gasteiger partial charge on any atom is -0.435 e. The van der Waals surface area contributed by atoms with E-state index in [1.54, 1.807) is 0 Å². The topological polar surface area (TPSA) is 27.7 Å². The maximum atomic E-state index is 5.26. The fourth-order valence-corrected chi connectivity index (χ4v) is 2.83. The van der Waals surface area contributed by atoms with Gasteiger partial charge in [-0.25, -0.2) is 0 Å². The molecule has 0 aliphatic rings. The highest BCUT2D eigenvalue weighted by atomic mass is 28.4. The van der Waals surface area contributed by atoms with Crippen LogP contribution in [-0.2, 0) is 12.3 Å². The van der Waals surface area contributed by atoms with Gasteiger partial charge in [0.25, 0.3) is 9.76 Å². The summed E-state index contributed by atoms with van der Waals surface area (Å²) in [6, 6.07) is 9.99. The van der Waals surface area contributed by atoms with Crippen molar-refractivity contribution in [2.45, 2.75) is 0 Å². The zero-order valence-electron chi connectivity index (χ0n) is 6.61. The molecule has 0 aliphatic carbocycles. The lowest BCUT2D eigenvalue weighted by Gasteiger charge is -1.99. The Labute approximate surface area is 88.4 Å². The maximum absolute atomic E-state index is 5.26. The van der Waals surface area contributed by atoms with Crippen LogP contribution >= 0.6 is 0 Å². The second kappa shape index (κ2) is 7.38. The normalized spacial score (nSPS) is 10.2. The van der Waals surface area contributed by atoms with Crippen molar-refractivity contribution in [1.29, 1.82) is 0 Å². The number of hydrogen-bond acceptors (Lipinski definition) is 3. The molecule has 0 atom stereocenters. The van der Waals surface area contributed by atoms with E-state index in [-0.39, 0.29) is 20.0 Å². The van der Waals surface area contributed by atoms with E-state index in [2.05, 4.69) is 14.6 Å². The highest BCUT2D eigenvalue weighted by Crippen LogP contribution is 1.81. The van der Waals surface area contributed by atoms with Gasteiger partial charge in [0.2, 0.25) is 10.5 Å². The van der Waals surface area contributed by atoms with Crippen molar-refractivity contribution >= 4 is 45.4 Å². The van der Waals surface area contributed by atoms with E-state index >= 15 is 0 Å². The summed E-state index contributed by atoms with van der Waals surface area (Å²) in [7, 11) is 3.19. The smallest absolute Gasteiger partial charge is 0.411 e. The SMILES string of the molecule is [Si]O[Si]O[Si]O[Si]c1ccccc1. The Morgan fingerprint density at radius 3 is 2.46 bits per heavy atom. The first kappa shape index (κ1) is 11.0. The fraction of sp³-hybridized carbons (Fsp3) is 0. The molecule has 0 unspecified atom stereocenters. The summed E-state index contributed by atoms with van der Waals surface area (Å²) >= 11 is 0. The molecule has 1 rings (SSSR count). The van der Waals surface area contributed by atoms with Gasteiger partial charge in [0.15, 0.2) is 0 Å². The van der Waals surface area contributed by atoms with Crippen molar-refractivity contribution in [2.75, 3.05) is 0 Å². The minimum atomic E-state index is -0.0122. The van der Waals surface area contributed by atoms with Gasteiger partial charge in [0, 0.05) is 0 Å². The summed E-state index contributed by atoms with van der Waals surface area (Å²) < 4.78 is 14.8. The van der Waals surface area contributed by atoms with Gasteiger partial charge in [-0.3, -0.25) is 0 Å². The lowest BCUT2D eigenvalue weighted by Crippen LogP contribution is -2.21. The van der Waals surface area contributed by atoms with Gasteiger partial charge < -0.3 is 12.3 Å². The highest BCUT2D eigenvalue weighted by Gasteiger charge is 1.98. The minimum absolute atomic E-state index is 0.0122. The highest BCUT2D eigenvalue weighted by molar-refractivity contribution is 6.54. The third-order valence-electron chi connectivity index (χ3n) is 1.11. The standard InChI is InChI=1S/C6H5O3Si4/c10-7-12-9-13-8-11-6-4-2-1-3-5-6/h1-5H. The number of rotatable bonds is 6. The zero-order chi connectivity index (χ0) is 9.36. The van der Waals surface area contributed by atoms with E-state index < -0.39 is 0 Å². The largest absolute Gasteiger partial charge is 0.435 e. The molecule has 1 aromatic rings. The molecular weight excluding hydrogens is 232 g/mol. The number of hydrogen-bond donors (Lipinski definition) is 0. The van der Waals surface area contributed by atoms with Crippen LogP contribution in [0.25, 0.3) is 0 Å². The average molecular weight is 237 g/mol. The molecule has 0 saturated heterocycles. The molecule has 7 heteroatoms. The predicted molar refractivity (Wildman–Crippen MR) is 52.3 cm³/mol. The molecule has 0 N–H and O–H groups in total. The Morgan fingerprint density at radius 2 is 1.77 bits per heavy atom. The van der Waals surface area contributed by atoms with Crippen LogP contribution in [0.2, 0.25) is 0 Å². The van der Waals surface area contributed by atoms with E-state index in [0.717, 1.165) is 0 Å². The molecule has 0 heterocycles. The van der Waals surface area contributed by atoms with Crippen molar-refractivity contribution in [3.05, 3.63) is 30.3 Å². The molecule has 3 nitrogen and oxygen atoms in total. The lowest BCUT2D eigenvalue weighted by atomic mass is 10.4. The molecule has 1 aromatic carbocycles. The third kappa shape index (κ3) is 5.31. The van der Waals surface area contributed by atoms with Crippen molar-refractivity contribution in [1.82, 2.24) is 0 Å². The molecule has 0 amide bonds. The second-order valence-corrected chi connectivity index (χ2v) is 5.51. The van der Waals surface area contributed by atoms with E-state index in [1.165, 1.54) is 5.19 Å². The van der Waals surface area contributed by atoms with Crippen LogP contribution in [0.15, 0.2) is 30.3 Å². The summed E-state index contributed by atoms with van der Waals surface area (Å²) in [5, 5.41) is 1.17. The second-order valence-electron chi connectivity index (χ2n) is 1.94. The first-order chi connectivity index (χ1) is 6.43. The van der Waals surface area contributed by atoms with Crippen molar-refractivity contribution in [2.24, 2.45) is 0 Å². The van der Waals surface area contributed by atoms with Gasteiger partial charge in [0.05, 0.1) is 0 Å². The summed E-state index contributed by atoms with van der Waals surface area (Å²) in [4.78, 5) is 0. The molecule has 0 saturated carbocycles. The molecule has 0 bridgehead atoms. The Kier molecular flexibility index (Phi) is 6.27. The van der Waals surface area contributed by atoms with Crippen LogP contribution in [0, 0.1) is 0 Å². The number of benzene rings is 1. The molecule has 9 radical (unpaired) electrons. The van der Waals surface area contributed by atoms with Gasteiger partial charge in [0.1, 0.15) is 0 Å². The summed E-state index contributed by atoms with van der Waals surface area (Å²) in [6.07, 6.45) is 0. The predicted octanol–water partition coefficient (Wildman–Crippen LogP) is -0.867. The molecular formula is C6H5O3Si4. The molecule has 0 spiro atoms. The van der Waals surface area contributed by atoms with E-state index in [9.17, 15) is 0 Å². The molecule has 0 aromatic heterocycles. The monoisotopic (exact) mass is 237 g/mol. The van der Waals surface area contributed by atoms with Gasteiger partial charge in [-0.15, -0.1) is 0 Å². The summed E-state index contributed by atoms with van der Waals surface area (Å²) in [6.45, 7) is 0. The Bertz CT molecular complexity index is 220. The Morgan fingerprint density at radius 1 is 1.00 bits per heavy atom. The van der Waals surface area contributed by atoms with Crippen LogP contribution in [0.5, 0.6) is 0 Å². The third-order valence-corrected chi connectivity index (χ3v) is 3.42. The quantitative estimate of drug-likeness (QED) is 0.476. The van der Waals surface area contributed by atoms with E-state index in [4.69, 9.17) is 8.23 Å². The zero-order valence-corrected chi connectivity index (χ0v) is 10.6. The van der Waals surface area contributed by atoms with Crippen molar-refractivity contribution in [3.63, 3.8) is 0 Å². The van der Waals surface area contributed by atoms with Crippen LogP contribution in [0.4, 0.5) is 0 Å². The summed E-state index contributed by atoms with van der Waals surface area (Å²) in [5.74, 6) is 0. The Hall–Kier alpha value is -0.0325. The van der Waals surface area contributed by atoms with Gasteiger partial charge in [-0.1, -0.05) is 30.3 Å². The van der Waals surface area contributed by atoms with Crippen molar-refractivity contribution < 1.29 is 12.3 Å². The van der Waals surface area contributed by atoms with Gasteiger partial charge in [-0.05, 0) is 5.19 Å². The summed E-state index contributed by atoms with van der Waals surface area (Å²) in [5.41, 5.74) is 0. The average Bonchev–Trinajstić information content (AvgIpc) is 2.19. The first-order valence-electron chi connectivity index (χ1n) is 3.39. The Balaban J connectivity index is 2.07. The fourth-order valence-electron chi connectivity index (χ4n) is 0.645. The van der Waals surface area contributed by atoms with Crippen LogP contribution in [0.3, 0.4) is 0 Å². The van der Waals surface area contributed by atoms with Gasteiger partial charge in [-0.2, -0.15) is 0 Å². The molecule has 0 aliphatic heterocycles. The van der Waals surface area contributed by atoms with Gasteiger partial charge >= 0.3 is 20.0 Å². The molecule has 0 fully saturated rings. The molecule has 63 valence electrons.